The van der Waals surface area contributed by atoms with Crippen LogP contribution in [0, 0.1) is 0 Å². The third-order valence-corrected chi connectivity index (χ3v) is 1.55. The highest BCUT2D eigenvalue weighted by Gasteiger charge is 2.19. The molecule has 0 radical (unpaired) electrons. The lowest BCUT2D eigenvalue weighted by Gasteiger charge is -2.22. The third kappa shape index (κ3) is 8.68. The van der Waals surface area contributed by atoms with Crippen molar-refractivity contribution in [3.63, 3.8) is 0 Å². The van der Waals surface area contributed by atoms with Crippen LogP contribution >= 0.6 is 0 Å². The van der Waals surface area contributed by atoms with Gasteiger partial charge in [0.25, 0.3) is 0 Å². The van der Waals surface area contributed by atoms with Gasteiger partial charge in [-0.1, -0.05) is 0 Å². The molecule has 0 rings (SSSR count). The van der Waals surface area contributed by atoms with Crippen molar-refractivity contribution >= 4 is 5.97 Å². The number of carbonyl (C=O) groups is 1. The molecule has 0 aromatic carbocycles. The fraction of sp³-hybridized carbons (Fsp3) is 0.917. The molecule has 0 saturated carbocycles. The number of esters is 1. The Balaban J connectivity index is 4.13. The largest absolute Gasteiger partial charge is 0.463 e. The van der Waals surface area contributed by atoms with Crippen molar-refractivity contribution < 1.29 is 19.0 Å². The quantitative estimate of drug-likeness (QED) is 0.500. The molecule has 16 heavy (non-hydrogen) atoms. The number of rotatable bonds is 7. The monoisotopic (exact) mass is 232 g/mol. The highest BCUT2D eigenvalue weighted by molar-refractivity contribution is 5.69. The van der Waals surface area contributed by atoms with Crippen LogP contribution in [-0.2, 0) is 19.0 Å². The predicted molar refractivity (Wildman–Crippen MR) is 62.1 cm³/mol. The van der Waals surface area contributed by atoms with E-state index in [-0.39, 0.29) is 30.7 Å². The molecule has 0 atom stereocenters. The van der Waals surface area contributed by atoms with Crippen LogP contribution < -0.4 is 0 Å². The first-order valence-electron chi connectivity index (χ1n) is 5.81. The van der Waals surface area contributed by atoms with Crippen LogP contribution in [0.25, 0.3) is 0 Å². The Morgan fingerprint density at radius 3 is 1.62 bits per heavy atom. The van der Waals surface area contributed by atoms with Crippen LogP contribution in [0.1, 0.15) is 48.0 Å². The van der Waals surface area contributed by atoms with Gasteiger partial charge in [-0.2, -0.15) is 0 Å². The Hall–Kier alpha value is -0.610. The molecule has 4 heteroatoms. The van der Waals surface area contributed by atoms with Gasteiger partial charge in [0.15, 0.2) is 6.29 Å². The minimum atomic E-state index is -0.522. The van der Waals surface area contributed by atoms with Crippen LogP contribution in [0.15, 0.2) is 0 Å². The number of carbonyl (C=O) groups excluding carboxylic acids is 1. The zero-order valence-electron chi connectivity index (χ0n) is 11.1. The van der Waals surface area contributed by atoms with Crippen LogP contribution in [0.2, 0.25) is 0 Å². The molecule has 0 amide bonds. The molecular formula is C12H24O4. The molecule has 0 saturated heterocycles. The van der Waals surface area contributed by atoms with Gasteiger partial charge < -0.3 is 14.2 Å². The van der Waals surface area contributed by atoms with Gasteiger partial charge in [0.05, 0.1) is 24.7 Å². The summed E-state index contributed by atoms with van der Waals surface area (Å²) >= 11 is 0. The van der Waals surface area contributed by atoms with E-state index in [9.17, 15) is 4.79 Å². The Labute approximate surface area is 98.3 Å². The molecule has 0 aliphatic rings. The maximum Gasteiger partial charge on any atom is 0.311 e. The fourth-order valence-corrected chi connectivity index (χ4v) is 1.18. The maximum atomic E-state index is 11.4. The van der Waals surface area contributed by atoms with Gasteiger partial charge in [-0.15, -0.1) is 0 Å². The van der Waals surface area contributed by atoms with E-state index < -0.39 is 6.29 Å². The lowest BCUT2D eigenvalue weighted by molar-refractivity contribution is -0.194. The second-order valence-electron chi connectivity index (χ2n) is 4.54. The van der Waals surface area contributed by atoms with Crippen LogP contribution in [0.3, 0.4) is 0 Å². The fourth-order valence-electron chi connectivity index (χ4n) is 1.18. The molecule has 0 spiro atoms. The average molecular weight is 232 g/mol. The number of hydrogen-bond donors (Lipinski definition) is 0. The second kappa shape index (κ2) is 7.63. The number of ether oxygens (including phenoxy) is 3. The minimum absolute atomic E-state index is 0.0237. The second-order valence-corrected chi connectivity index (χ2v) is 4.54. The molecule has 0 fully saturated rings. The van der Waals surface area contributed by atoms with E-state index in [4.69, 9.17) is 14.2 Å². The van der Waals surface area contributed by atoms with Crippen molar-refractivity contribution in [2.24, 2.45) is 0 Å². The molecule has 0 heterocycles. The van der Waals surface area contributed by atoms with E-state index in [1.165, 1.54) is 0 Å². The molecular weight excluding hydrogens is 208 g/mol. The molecule has 96 valence electrons. The van der Waals surface area contributed by atoms with Gasteiger partial charge in [0.2, 0.25) is 0 Å². The van der Waals surface area contributed by atoms with Crippen molar-refractivity contribution in [3.05, 3.63) is 0 Å². The van der Waals surface area contributed by atoms with Gasteiger partial charge in [0, 0.05) is 0 Å². The molecule has 0 N–H and O–H groups in total. The van der Waals surface area contributed by atoms with Crippen molar-refractivity contribution in [1.82, 2.24) is 0 Å². The molecule has 0 aliphatic heterocycles. The Morgan fingerprint density at radius 1 is 0.875 bits per heavy atom. The summed E-state index contributed by atoms with van der Waals surface area (Å²) in [5, 5.41) is 0. The van der Waals surface area contributed by atoms with Crippen LogP contribution in [0.5, 0.6) is 0 Å². The highest BCUT2D eigenvalue weighted by Crippen LogP contribution is 2.09. The molecule has 0 aromatic rings. The predicted octanol–water partition coefficient (Wildman–Crippen LogP) is 2.50. The maximum absolute atomic E-state index is 11.4. The van der Waals surface area contributed by atoms with E-state index in [2.05, 4.69) is 0 Å². The van der Waals surface area contributed by atoms with Gasteiger partial charge in [0.1, 0.15) is 0 Å². The summed E-state index contributed by atoms with van der Waals surface area (Å²) in [6.45, 7) is 11.3. The van der Waals surface area contributed by atoms with E-state index in [1.807, 2.05) is 41.5 Å². The summed E-state index contributed by atoms with van der Waals surface area (Å²) in [7, 11) is 0. The first-order valence-corrected chi connectivity index (χ1v) is 5.81. The Kier molecular flexibility index (Phi) is 7.34. The van der Waals surface area contributed by atoms with Gasteiger partial charge in [-0.25, -0.2) is 0 Å². The standard InChI is InChI=1S/C12H24O4/c1-8(2)14-11(13)7-12(15-9(3)4)16-10(5)6/h8-10,12H,7H2,1-6H3. The van der Waals surface area contributed by atoms with Gasteiger partial charge in [-0.3, -0.25) is 4.79 Å². The summed E-state index contributed by atoms with van der Waals surface area (Å²) in [4.78, 5) is 11.4. The summed E-state index contributed by atoms with van der Waals surface area (Å²) in [6, 6.07) is 0. The van der Waals surface area contributed by atoms with Crippen molar-refractivity contribution in [1.29, 1.82) is 0 Å². The summed E-state index contributed by atoms with van der Waals surface area (Å²) in [5.41, 5.74) is 0. The zero-order chi connectivity index (χ0) is 12.7. The highest BCUT2D eigenvalue weighted by atomic mass is 16.7. The SMILES string of the molecule is CC(C)OC(=O)CC(OC(C)C)OC(C)C. The van der Waals surface area contributed by atoms with E-state index >= 15 is 0 Å². The summed E-state index contributed by atoms with van der Waals surface area (Å²) in [6.07, 6.45) is -0.446. The molecule has 0 bridgehead atoms. The smallest absolute Gasteiger partial charge is 0.311 e. The molecule has 0 aliphatic carbocycles. The summed E-state index contributed by atoms with van der Waals surface area (Å²) in [5.74, 6) is -0.290. The average Bonchev–Trinajstić information content (AvgIpc) is 1.97. The normalized spacial score (nSPS) is 11.9. The lowest BCUT2D eigenvalue weighted by Crippen LogP contribution is -2.28. The van der Waals surface area contributed by atoms with Crippen LogP contribution in [0.4, 0.5) is 0 Å². The minimum Gasteiger partial charge on any atom is -0.463 e. The van der Waals surface area contributed by atoms with Crippen molar-refractivity contribution in [3.8, 4) is 0 Å². The van der Waals surface area contributed by atoms with E-state index in [1.54, 1.807) is 0 Å². The number of hydrogen-bond acceptors (Lipinski definition) is 4. The first-order chi connectivity index (χ1) is 7.31. The van der Waals surface area contributed by atoms with E-state index in [0.717, 1.165) is 0 Å². The molecule has 0 aromatic heterocycles. The lowest BCUT2D eigenvalue weighted by atomic mass is 10.3. The third-order valence-electron chi connectivity index (χ3n) is 1.55. The van der Waals surface area contributed by atoms with Crippen molar-refractivity contribution in [2.75, 3.05) is 0 Å². The Bertz CT molecular complexity index is 189. The molecule has 4 nitrogen and oxygen atoms in total. The topological polar surface area (TPSA) is 44.8 Å². The summed E-state index contributed by atoms with van der Waals surface area (Å²) < 4.78 is 16.0. The molecule has 0 unspecified atom stereocenters. The van der Waals surface area contributed by atoms with E-state index in [0.29, 0.717) is 0 Å². The Morgan fingerprint density at radius 2 is 1.31 bits per heavy atom. The van der Waals surface area contributed by atoms with Gasteiger partial charge in [-0.05, 0) is 41.5 Å². The van der Waals surface area contributed by atoms with Gasteiger partial charge >= 0.3 is 5.97 Å². The zero-order valence-corrected chi connectivity index (χ0v) is 11.1. The van der Waals surface area contributed by atoms with Crippen LogP contribution in [-0.4, -0.2) is 30.6 Å². The first kappa shape index (κ1) is 15.4. The van der Waals surface area contributed by atoms with Crippen molar-refractivity contribution in [2.45, 2.75) is 72.6 Å².